The summed E-state index contributed by atoms with van der Waals surface area (Å²) in [5, 5.41) is 12.6. The zero-order valence-corrected chi connectivity index (χ0v) is 25.2. The van der Waals surface area contributed by atoms with E-state index in [1.54, 1.807) is 60.8 Å². The second-order valence-electron chi connectivity index (χ2n) is 9.75. The number of benzene rings is 3. The van der Waals surface area contributed by atoms with Gasteiger partial charge in [-0.1, -0.05) is 48.5 Å². The van der Waals surface area contributed by atoms with Crippen molar-refractivity contribution in [1.82, 2.24) is 0 Å². The SMILES string of the molecule is CC(=O)c1csc(-c2ccc(C(=CCOc3ccc(OCC(=O)O)cc3)c3ccc(-c4cc(C(C)=O)cs4)cc3)cc2)c1. The van der Waals surface area contributed by atoms with Gasteiger partial charge in [0, 0.05) is 31.6 Å². The van der Waals surface area contributed by atoms with Gasteiger partial charge in [-0.3, -0.25) is 9.59 Å². The van der Waals surface area contributed by atoms with Crippen LogP contribution in [0.25, 0.3) is 26.5 Å². The van der Waals surface area contributed by atoms with E-state index < -0.39 is 12.6 Å². The highest BCUT2D eigenvalue weighted by molar-refractivity contribution is 7.14. The van der Waals surface area contributed by atoms with Crippen molar-refractivity contribution in [2.24, 2.45) is 0 Å². The van der Waals surface area contributed by atoms with Crippen molar-refractivity contribution in [3.8, 4) is 32.4 Å². The smallest absolute Gasteiger partial charge is 0.341 e. The van der Waals surface area contributed by atoms with Crippen LogP contribution in [0.15, 0.2) is 102 Å². The molecule has 0 unspecified atom stereocenters. The lowest BCUT2D eigenvalue weighted by Crippen LogP contribution is -2.09. The molecule has 0 saturated carbocycles. The fourth-order valence-corrected chi connectivity index (χ4v) is 6.28. The highest BCUT2D eigenvalue weighted by atomic mass is 32.1. The van der Waals surface area contributed by atoms with E-state index in [1.807, 2.05) is 29.0 Å². The van der Waals surface area contributed by atoms with Gasteiger partial charge >= 0.3 is 5.97 Å². The number of hydrogen-bond acceptors (Lipinski definition) is 7. The Morgan fingerprint density at radius 1 is 0.651 bits per heavy atom. The Balaban J connectivity index is 1.39. The number of carbonyl (C=O) groups is 3. The molecule has 0 spiro atoms. The van der Waals surface area contributed by atoms with Gasteiger partial charge in [-0.15, -0.1) is 22.7 Å². The molecule has 5 aromatic rings. The lowest BCUT2D eigenvalue weighted by atomic mass is 9.95. The van der Waals surface area contributed by atoms with Gasteiger partial charge in [0.15, 0.2) is 18.2 Å². The summed E-state index contributed by atoms with van der Waals surface area (Å²) >= 11 is 3.10. The number of ether oxygens (including phenoxy) is 2. The first kappa shape index (κ1) is 29.7. The monoisotopic (exact) mass is 608 g/mol. The van der Waals surface area contributed by atoms with Crippen LogP contribution in [0.1, 0.15) is 45.7 Å². The summed E-state index contributed by atoms with van der Waals surface area (Å²) in [6.07, 6.45) is 2.02. The Kier molecular flexibility index (Phi) is 9.29. The molecule has 0 amide bonds. The minimum absolute atomic E-state index is 0.0512. The first-order chi connectivity index (χ1) is 20.8. The number of carboxylic acid groups (broad SMARTS) is 1. The lowest BCUT2D eigenvalue weighted by molar-refractivity contribution is -0.139. The second-order valence-corrected chi connectivity index (χ2v) is 11.6. The number of rotatable bonds is 12. The topological polar surface area (TPSA) is 89.9 Å². The molecule has 3 aromatic carbocycles. The van der Waals surface area contributed by atoms with E-state index in [0.717, 1.165) is 37.6 Å². The van der Waals surface area contributed by atoms with Gasteiger partial charge in [0.2, 0.25) is 0 Å². The summed E-state index contributed by atoms with van der Waals surface area (Å²) < 4.78 is 11.2. The Morgan fingerprint density at radius 2 is 1.09 bits per heavy atom. The van der Waals surface area contributed by atoms with Gasteiger partial charge in [-0.2, -0.15) is 0 Å². The average molecular weight is 609 g/mol. The van der Waals surface area contributed by atoms with Crippen molar-refractivity contribution >= 4 is 45.8 Å². The Labute approximate surface area is 257 Å². The fourth-order valence-electron chi connectivity index (χ4n) is 4.37. The summed E-state index contributed by atoms with van der Waals surface area (Å²) in [6, 6.07) is 27.1. The van der Waals surface area contributed by atoms with E-state index >= 15 is 0 Å². The lowest BCUT2D eigenvalue weighted by Gasteiger charge is -2.12. The van der Waals surface area contributed by atoms with Crippen LogP contribution < -0.4 is 9.47 Å². The van der Waals surface area contributed by atoms with Crippen LogP contribution in [0, 0.1) is 0 Å². The summed E-state index contributed by atoms with van der Waals surface area (Å²) in [7, 11) is 0. The highest BCUT2D eigenvalue weighted by Gasteiger charge is 2.11. The number of carbonyl (C=O) groups excluding carboxylic acids is 2. The minimum Gasteiger partial charge on any atom is -0.490 e. The van der Waals surface area contributed by atoms with Crippen LogP contribution in [-0.4, -0.2) is 35.9 Å². The van der Waals surface area contributed by atoms with Gasteiger partial charge in [-0.25, -0.2) is 4.79 Å². The molecule has 8 heteroatoms. The third kappa shape index (κ3) is 7.54. The number of thiophene rings is 2. The maximum atomic E-state index is 11.8. The van der Waals surface area contributed by atoms with Crippen molar-refractivity contribution in [2.75, 3.05) is 13.2 Å². The molecule has 216 valence electrons. The Bertz CT molecular complexity index is 1680. The van der Waals surface area contributed by atoms with Crippen molar-refractivity contribution in [3.05, 3.63) is 124 Å². The summed E-state index contributed by atoms with van der Waals surface area (Å²) in [5.41, 5.74) is 6.51. The van der Waals surface area contributed by atoms with Crippen LogP contribution in [0.4, 0.5) is 0 Å². The van der Waals surface area contributed by atoms with E-state index in [9.17, 15) is 14.4 Å². The fraction of sp³-hybridized carbons (Fsp3) is 0.114. The van der Waals surface area contributed by atoms with E-state index in [2.05, 4.69) is 48.5 Å². The predicted octanol–water partition coefficient (Wildman–Crippen LogP) is 8.52. The van der Waals surface area contributed by atoms with Gasteiger partial charge in [0.1, 0.15) is 18.1 Å². The zero-order valence-electron chi connectivity index (χ0n) is 23.5. The number of hydrogen-bond donors (Lipinski definition) is 1. The molecule has 0 fully saturated rings. The van der Waals surface area contributed by atoms with Crippen LogP contribution in [-0.2, 0) is 4.79 Å². The molecular weight excluding hydrogens is 581 g/mol. The molecule has 43 heavy (non-hydrogen) atoms. The van der Waals surface area contributed by atoms with Crippen LogP contribution in [0.2, 0.25) is 0 Å². The van der Waals surface area contributed by atoms with Gasteiger partial charge in [0.25, 0.3) is 0 Å². The van der Waals surface area contributed by atoms with Gasteiger partial charge < -0.3 is 14.6 Å². The van der Waals surface area contributed by atoms with Gasteiger partial charge in [0.05, 0.1) is 0 Å². The highest BCUT2D eigenvalue weighted by Crippen LogP contribution is 2.33. The molecule has 0 radical (unpaired) electrons. The molecule has 0 bridgehead atoms. The predicted molar refractivity (Wildman–Crippen MR) is 172 cm³/mol. The molecule has 1 N–H and O–H groups in total. The number of Topliss-reactive ketones (excluding diaryl/α,β-unsaturated/α-hetero) is 2. The summed E-state index contributed by atoms with van der Waals surface area (Å²) in [4.78, 5) is 36.3. The molecular formula is C35H28O6S2. The van der Waals surface area contributed by atoms with Crippen molar-refractivity contribution < 1.29 is 29.0 Å². The molecule has 0 aliphatic rings. The maximum Gasteiger partial charge on any atom is 0.341 e. The molecule has 6 nitrogen and oxygen atoms in total. The first-order valence-corrected chi connectivity index (χ1v) is 15.2. The van der Waals surface area contributed by atoms with Crippen LogP contribution in [0.5, 0.6) is 11.5 Å². The molecule has 2 aromatic heterocycles. The minimum atomic E-state index is -1.04. The number of aliphatic carboxylic acids is 1. The molecule has 5 rings (SSSR count). The molecule has 0 atom stereocenters. The number of ketones is 2. The first-order valence-electron chi connectivity index (χ1n) is 13.4. The van der Waals surface area contributed by atoms with Crippen molar-refractivity contribution in [3.63, 3.8) is 0 Å². The van der Waals surface area contributed by atoms with E-state index in [4.69, 9.17) is 14.6 Å². The summed E-state index contributed by atoms with van der Waals surface area (Å²) in [6.45, 7) is 3.04. The third-order valence-electron chi connectivity index (χ3n) is 6.70. The van der Waals surface area contributed by atoms with Gasteiger partial charge in [-0.05, 0) is 84.1 Å². The van der Waals surface area contributed by atoms with E-state index in [1.165, 1.54) is 0 Å². The summed E-state index contributed by atoms with van der Waals surface area (Å²) in [5.74, 6) is 0.146. The Morgan fingerprint density at radius 3 is 1.49 bits per heavy atom. The maximum absolute atomic E-state index is 11.8. The number of carboxylic acids is 1. The molecule has 0 aliphatic carbocycles. The average Bonchev–Trinajstić information content (AvgIpc) is 3.71. The van der Waals surface area contributed by atoms with Crippen LogP contribution in [0.3, 0.4) is 0 Å². The molecule has 0 aliphatic heterocycles. The largest absolute Gasteiger partial charge is 0.490 e. The van der Waals surface area contributed by atoms with Crippen LogP contribution >= 0.6 is 22.7 Å². The second kappa shape index (κ2) is 13.5. The molecule has 2 heterocycles. The van der Waals surface area contributed by atoms with E-state index in [-0.39, 0.29) is 11.6 Å². The molecule has 0 saturated heterocycles. The Hall–Kier alpha value is -4.79. The zero-order chi connectivity index (χ0) is 30.3. The van der Waals surface area contributed by atoms with Crippen molar-refractivity contribution in [2.45, 2.75) is 13.8 Å². The van der Waals surface area contributed by atoms with E-state index in [0.29, 0.717) is 29.2 Å². The normalized spacial score (nSPS) is 10.7. The third-order valence-corrected chi connectivity index (χ3v) is 8.65. The standard InChI is InChI=1S/C35H28O6S2/c1-22(36)28-17-33(42-20-28)26-7-3-24(4-8-26)32(15-16-40-30-11-13-31(14-12-30)41-19-35(38)39)25-5-9-27(10-6-25)34-18-29(21-43-34)23(2)37/h3-15,17-18,20-21H,16,19H2,1-2H3,(H,38,39). The van der Waals surface area contributed by atoms with Crippen molar-refractivity contribution in [1.29, 1.82) is 0 Å². The quantitative estimate of drug-likeness (QED) is 0.143.